The summed E-state index contributed by atoms with van der Waals surface area (Å²) < 4.78 is 2.67. The highest BCUT2D eigenvalue weighted by Crippen LogP contribution is 2.67. The molecule has 12 rings (SSSR count). The predicted octanol–water partition coefficient (Wildman–Crippen LogP) is 16.4. The Bertz CT molecular complexity index is 3340. The molecule has 0 saturated heterocycles. The summed E-state index contributed by atoms with van der Waals surface area (Å²) in [7, 11) is 0. The number of fused-ring (bicyclic) bond motifs is 7. The van der Waals surface area contributed by atoms with Gasteiger partial charge in [-0.05, 0) is 111 Å². The summed E-state index contributed by atoms with van der Waals surface area (Å²) in [4.78, 5) is 2.56. The molecule has 0 N–H and O–H groups in total. The molecule has 0 radical (unpaired) electrons. The Balaban J connectivity index is 1.02. The Morgan fingerprint density at radius 3 is 2.03 bits per heavy atom. The number of hydrogen-bond acceptors (Lipinski definition) is 2. The molecule has 4 unspecified atom stereocenters. The molecule has 1 nitrogen and oxygen atoms in total. The second-order valence-corrected chi connectivity index (χ2v) is 19.1. The van der Waals surface area contributed by atoms with E-state index in [2.05, 4.69) is 249 Å². The fourth-order valence-electron chi connectivity index (χ4n) is 11.6. The molecular weight excluding hydrogens is 779 g/mol. The first-order valence-corrected chi connectivity index (χ1v) is 23.1. The van der Waals surface area contributed by atoms with Crippen molar-refractivity contribution >= 4 is 59.2 Å². The van der Waals surface area contributed by atoms with E-state index in [1.54, 1.807) is 0 Å². The summed E-state index contributed by atoms with van der Waals surface area (Å²) in [6.07, 6.45) is 17.5. The summed E-state index contributed by atoms with van der Waals surface area (Å²) in [5.74, 6) is 0.238. The van der Waals surface area contributed by atoms with E-state index in [-0.39, 0.29) is 16.9 Å². The number of thiophene rings is 1. The van der Waals surface area contributed by atoms with Crippen molar-refractivity contribution in [2.45, 2.75) is 37.1 Å². The molecule has 0 fully saturated rings. The Hall–Kier alpha value is -7.00. The predicted molar refractivity (Wildman–Crippen MR) is 269 cm³/mol. The molecule has 2 heteroatoms. The minimum atomic E-state index is -0.446. The summed E-state index contributed by atoms with van der Waals surface area (Å²) in [5, 5.41) is 5.20. The first kappa shape index (κ1) is 37.7. The second kappa shape index (κ2) is 14.5. The summed E-state index contributed by atoms with van der Waals surface area (Å²) >= 11 is 1.89. The molecule has 9 aromatic rings. The van der Waals surface area contributed by atoms with Crippen LogP contribution in [-0.2, 0) is 5.41 Å². The zero-order valence-corrected chi connectivity index (χ0v) is 36.4. The third-order valence-electron chi connectivity index (χ3n) is 14.6. The van der Waals surface area contributed by atoms with Crippen LogP contribution in [0.2, 0.25) is 0 Å². The number of anilines is 2. The van der Waals surface area contributed by atoms with E-state index in [1.807, 2.05) is 11.3 Å². The highest BCUT2D eigenvalue weighted by Gasteiger charge is 2.60. The minimum absolute atomic E-state index is 0.238. The number of rotatable bonds is 7. The van der Waals surface area contributed by atoms with Crippen LogP contribution in [0.15, 0.2) is 231 Å². The van der Waals surface area contributed by atoms with Crippen LogP contribution in [0.3, 0.4) is 0 Å². The lowest BCUT2D eigenvalue weighted by Crippen LogP contribution is -2.44. The smallest absolute Gasteiger partial charge is 0.0643 e. The van der Waals surface area contributed by atoms with Gasteiger partial charge in [0.15, 0.2) is 0 Å². The third-order valence-corrected chi connectivity index (χ3v) is 15.7. The molecule has 1 aromatic heterocycles. The maximum absolute atomic E-state index is 2.56. The van der Waals surface area contributed by atoms with E-state index >= 15 is 0 Å². The molecule has 0 spiro atoms. The minimum Gasteiger partial charge on any atom is -0.332 e. The first-order chi connectivity index (χ1) is 30.9. The van der Waals surface area contributed by atoms with Crippen LogP contribution in [0.4, 0.5) is 11.4 Å². The Labute approximate surface area is 374 Å². The van der Waals surface area contributed by atoms with Gasteiger partial charge in [0, 0.05) is 42.9 Å². The number of nitrogens with zero attached hydrogens (tertiary/aromatic N) is 1. The van der Waals surface area contributed by atoms with Crippen molar-refractivity contribution in [2.75, 3.05) is 4.90 Å². The van der Waals surface area contributed by atoms with Gasteiger partial charge in [-0.15, -0.1) is 11.3 Å². The van der Waals surface area contributed by atoms with Crippen molar-refractivity contribution in [3.63, 3.8) is 0 Å². The number of benzene rings is 8. The van der Waals surface area contributed by atoms with Gasteiger partial charge in [0.1, 0.15) is 0 Å². The van der Waals surface area contributed by atoms with Crippen LogP contribution in [-0.4, -0.2) is 5.54 Å². The fourth-order valence-corrected chi connectivity index (χ4v) is 12.7. The highest BCUT2D eigenvalue weighted by molar-refractivity contribution is 7.25. The molecule has 302 valence electrons. The normalized spacial score (nSPS) is 22.3. The fraction of sp³-hybridized carbons (Fsp3) is 0.115. The van der Waals surface area contributed by atoms with E-state index in [0.29, 0.717) is 0 Å². The van der Waals surface area contributed by atoms with Crippen molar-refractivity contribution in [2.24, 2.45) is 5.41 Å². The van der Waals surface area contributed by atoms with Crippen molar-refractivity contribution in [1.29, 1.82) is 0 Å². The average Bonchev–Trinajstić information content (AvgIpc) is 3.82. The van der Waals surface area contributed by atoms with Gasteiger partial charge in [0.2, 0.25) is 0 Å². The van der Waals surface area contributed by atoms with Crippen molar-refractivity contribution in [3.8, 4) is 11.1 Å². The standard InChI is InChI=1S/C61H47NS/c1-59(39-36-43(37-40-59)42-15-4-3-5-16-42)62(48-31-26-45(27-32-48)51-22-14-18-44-17-6-7-19-50(44)51)49-33-28-46(29-34-49)61(47-30-35-58-54(41-47)52-20-9-11-25-57(52)63-58)56-24-10-8-21-53(56)55-23-12-13-38-60(55,61)2/h3-39,41,55H,40H2,1-2H3. The van der Waals surface area contributed by atoms with Crippen molar-refractivity contribution in [1.82, 2.24) is 0 Å². The number of allylic oxidation sites excluding steroid dienone is 6. The topological polar surface area (TPSA) is 3.24 Å². The largest absolute Gasteiger partial charge is 0.332 e. The van der Waals surface area contributed by atoms with Crippen molar-refractivity contribution in [3.05, 3.63) is 258 Å². The van der Waals surface area contributed by atoms with Crippen LogP contribution in [0.1, 0.15) is 54.0 Å². The van der Waals surface area contributed by atoms with Crippen molar-refractivity contribution < 1.29 is 0 Å². The van der Waals surface area contributed by atoms with Gasteiger partial charge in [0.05, 0.1) is 11.0 Å². The molecule has 0 aliphatic heterocycles. The Morgan fingerprint density at radius 2 is 1.22 bits per heavy atom. The second-order valence-electron chi connectivity index (χ2n) is 18.0. The zero-order chi connectivity index (χ0) is 42.2. The highest BCUT2D eigenvalue weighted by atomic mass is 32.1. The SMILES string of the molecule is CC1(N(c2ccc(-c3cccc4ccccc34)cc2)c2ccc(C3(c4ccc5sc6ccccc6c5c4)c4ccccc4C4C=CC=CC43C)cc2)C=CC(c2ccccc2)=CC1. The third kappa shape index (κ3) is 5.74. The van der Waals surface area contributed by atoms with Gasteiger partial charge in [-0.2, -0.15) is 0 Å². The monoisotopic (exact) mass is 825 g/mol. The Morgan fingerprint density at radius 1 is 0.540 bits per heavy atom. The molecule has 4 atom stereocenters. The molecular formula is C61H47NS. The van der Waals surface area contributed by atoms with Crippen LogP contribution in [0.25, 0.3) is 47.6 Å². The molecule has 0 amide bonds. The lowest BCUT2D eigenvalue weighted by atomic mass is 9.54. The lowest BCUT2D eigenvalue weighted by molar-refractivity contribution is 0.289. The molecule has 1 heterocycles. The maximum atomic E-state index is 2.56. The molecule has 3 aliphatic carbocycles. The van der Waals surface area contributed by atoms with Gasteiger partial charge in [-0.1, -0.05) is 195 Å². The quantitative estimate of drug-likeness (QED) is 0.155. The van der Waals surface area contributed by atoms with Gasteiger partial charge in [-0.25, -0.2) is 0 Å². The van der Waals surface area contributed by atoms with Crippen LogP contribution >= 0.6 is 11.3 Å². The molecule has 63 heavy (non-hydrogen) atoms. The lowest BCUT2D eigenvalue weighted by Gasteiger charge is -2.47. The van der Waals surface area contributed by atoms with Gasteiger partial charge >= 0.3 is 0 Å². The van der Waals surface area contributed by atoms with Crippen LogP contribution in [0, 0.1) is 5.41 Å². The van der Waals surface area contributed by atoms with Gasteiger partial charge in [0.25, 0.3) is 0 Å². The summed E-state index contributed by atoms with van der Waals surface area (Å²) in [6.45, 7) is 4.88. The summed E-state index contributed by atoms with van der Waals surface area (Å²) in [6, 6.07) is 70.4. The van der Waals surface area contributed by atoms with Gasteiger partial charge < -0.3 is 4.90 Å². The molecule has 0 saturated carbocycles. The van der Waals surface area contributed by atoms with Gasteiger partial charge in [-0.3, -0.25) is 0 Å². The maximum Gasteiger partial charge on any atom is 0.0643 e. The first-order valence-electron chi connectivity index (χ1n) is 22.3. The van der Waals surface area contributed by atoms with E-state index in [9.17, 15) is 0 Å². The molecule has 8 aromatic carbocycles. The molecule has 0 bridgehead atoms. The van der Waals surface area contributed by atoms with E-state index in [0.717, 1.165) is 6.42 Å². The van der Waals surface area contributed by atoms with Crippen LogP contribution in [0.5, 0.6) is 0 Å². The molecule has 3 aliphatic rings. The van der Waals surface area contributed by atoms with Crippen LogP contribution < -0.4 is 4.90 Å². The van der Waals surface area contributed by atoms with E-state index in [4.69, 9.17) is 0 Å². The Kier molecular flexibility index (Phi) is 8.71. The zero-order valence-electron chi connectivity index (χ0n) is 35.6. The van der Waals surface area contributed by atoms with E-state index in [1.165, 1.54) is 86.8 Å². The summed E-state index contributed by atoms with van der Waals surface area (Å²) in [5.41, 5.74) is 11.8. The van der Waals surface area contributed by atoms with E-state index < -0.39 is 5.41 Å². The average molecular weight is 826 g/mol. The number of hydrogen-bond donors (Lipinski definition) is 0.